The number of hydrogen-bond acceptors (Lipinski definition) is 4. The van der Waals surface area contributed by atoms with Gasteiger partial charge >= 0.3 is 0 Å². The Morgan fingerprint density at radius 2 is 2.18 bits per heavy atom. The predicted molar refractivity (Wildman–Crippen MR) is 87.7 cm³/mol. The molecular weight excluding hydrogens is 294 g/mol. The highest BCUT2D eigenvalue weighted by Crippen LogP contribution is 2.31. The van der Waals surface area contributed by atoms with Gasteiger partial charge in [-0.1, -0.05) is 30.3 Å². The van der Waals surface area contributed by atoms with E-state index >= 15 is 0 Å². The predicted octanol–water partition coefficient (Wildman–Crippen LogP) is 3.40. The average Bonchev–Trinajstić information content (AvgIpc) is 3.17. The molecule has 1 aromatic carbocycles. The maximum Gasteiger partial charge on any atom is 0.239 e. The quantitative estimate of drug-likeness (QED) is 0.941. The normalized spacial score (nSPS) is 18.0. The SMILES string of the molecule is N#Cc1ccsc1NC(=O)CN1CCCC1c1ccccc1. The highest BCUT2D eigenvalue weighted by Gasteiger charge is 2.27. The maximum absolute atomic E-state index is 12.3. The van der Waals surface area contributed by atoms with Gasteiger partial charge in [0.1, 0.15) is 11.1 Å². The lowest BCUT2D eigenvalue weighted by molar-refractivity contribution is -0.117. The summed E-state index contributed by atoms with van der Waals surface area (Å²) in [5.41, 5.74) is 1.79. The molecule has 1 aliphatic heterocycles. The van der Waals surface area contributed by atoms with Crippen molar-refractivity contribution < 1.29 is 4.79 Å². The monoisotopic (exact) mass is 311 g/mol. The smallest absolute Gasteiger partial charge is 0.239 e. The van der Waals surface area contributed by atoms with Crippen molar-refractivity contribution in [2.75, 3.05) is 18.4 Å². The van der Waals surface area contributed by atoms with Crippen LogP contribution in [0.2, 0.25) is 0 Å². The van der Waals surface area contributed by atoms with Gasteiger partial charge in [-0.2, -0.15) is 5.26 Å². The van der Waals surface area contributed by atoms with Crippen molar-refractivity contribution in [3.8, 4) is 6.07 Å². The van der Waals surface area contributed by atoms with Crippen LogP contribution < -0.4 is 5.32 Å². The zero-order valence-electron chi connectivity index (χ0n) is 12.2. The lowest BCUT2D eigenvalue weighted by Gasteiger charge is -2.24. The van der Waals surface area contributed by atoms with E-state index in [1.54, 1.807) is 6.07 Å². The van der Waals surface area contributed by atoms with Gasteiger partial charge in [0, 0.05) is 6.04 Å². The summed E-state index contributed by atoms with van der Waals surface area (Å²) >= 11 is 1.38. The molecule has 1 N–H and O–H groups in total. The molecule has 0 spiro atoms. The second-order valence-corrected chi connectivity index (χ2v) is 6.28. The number of nitrogens with zero attached hydrogens (tertiary/aromatic N) is 2. The minimum absolute atomic E-state index is 0.0539. The molecule has 1 aromatic heterocycles. The zero-order valence-corrected chi connectivity index (χ0v) is 13.0. The molecule has 1 amide bonds. The lowest BCUT2D eigenvalue weighted by Crippen LogP contribution is -2.32. The van der Waals surface area contributed by atoms with Crippen molar-refractivity contribution in [1.29, 1.82) is 5.26 Å². The Labute approximate surface area is 134 Å². The first-order valence-electron chi connectivity index (χ1n) is 7.34. The Kier molecular flexibility index (Phi) is 4.52. The fraction of sp³-hybridized carbons (Fsp3) is 0.294. The van der Waals surface area contributed by atoms with Crippen molar-refractivity contribution >= 4 is 22.2 Å². The fourth-order valence-electron chi connectivity index (χ4n) is 2.91. The molecule has 0 bridgehead atoms. The number of anilines is 1. The molecule has 1 saturated heterocycles. The molecule has 22 heavy (non-hydrogen) atoms. The first-order valence-corrected chi connectivity index (χ1v) is 8.22. The molecule has 0 saturated carbocycles. The molecule has 112 valence electrons. The highest BCUT2D eigenvalue weighted by molar-refractivity contribution is 7.14. The van der Waals surface area contributed by atoms with Gasteiger partial charge < -0.3 is 5.32 Å². The van der Waals surface area contributed by atoms with Crippen LogP contribution >= 0.6 is 11.3 Å². The Bertz CT molecular complexity index is 689. The third kappa shape index (κ3) is 3.19. The Hall–Kier alpha value is -2.16. The first-order chi connectivity index (χ1) is 10.8. The van der Waals surface area contributed by atoms with Crippen LogP contribution in [0.15, 0.2) is 41.8 Å². The summed E-state index contributed by atoms with van der Waals surface area (Å²) in [5, 5.41) is 14.3. The lowest BCUT2D eigenvalue weighted by atomic mass is 10.0. The maximum atomic E-state index is 12.3. The molecule has 1 aliphatic rings. The molecule has 0 radical (unpaired) electrons. The molecule has 1 atom stereocenters. The van der Waals surface area contributed by atoms with Gasteiger partial charge in [-0.3, -0.25) is 9.69 Å². The molecule has 3 rings (SSSR count). The van der Waals surface area contributed by atoms with E-state index in [4.69, 9.17) is 5.26 Å². The molecule has 1 unspecified atom stereocenters. The third-order valence-electron chi connectivity index (χ3n) is 3.93. The Morgan fingerprint density at radius 3 is 2.95 bits per heavy atom. The summed E-state index contributed by atoms with van der Waals surface area (Å²) < 4.78 is 0. The number of benzene rings is 1. The van der Waals surface area contributed by atoms with E-state index in [0.717, 1.165) is 19.4 Å². The standard InChI is InChI=1S/C17H17N3OS/c18-11-14-8-10-22-17(14)19-16(21)12-20-9-4-7-15(20)13-5-2-1-3-6-13/h1-3,5-6,8,10,15H,4,7,9,12H2,(H,19,21). The van der Waals surface area contributed by atoms with Crippen molar-refractivity contribution in [2.45, 2.75) is 18.9 Å². The second-order valence-electron chi connectivity index (χ2n) is 5.36. The molecule has 2 aromatic rings. The summed E-state index contributed by atoms with van der Waals surface area (Å²) in [6.45, 7) is 1.30. The topological polar surface area (TPSA) is 56.1 Å². The number of nitriles is 1. The average molecular weight is 311 g/mol. The molecule has 2 heterocycles. The first kappa shape index (κ1) is 14.8. The van der Waals surface area contributed by atoms with E-state index in [-0.39, 0.29) is 5.91 Å². The zero-order chi connectivity index (χ0) is 15.4. The fourth-order valence-corrected chi connectivity index (χ4v) is 3.67. The Balaban J connectivity index is 1.65. The molecule has 5 heteroatoms. The van der Waals surface area contributed by atoms with Crippen molar-refractivity contribution in [3.63, 3.8) is 0 Å². The number of thiophene rings is 1. The van der Waals surface area contributed by atoms with E-state index in [9.17, 15) is 4.79 Å². The van der Waals surface area contributed by atoms with Crippen LogP contribution in [-0.2, 0) is 4.79 Å². The second kappa shape index (κ2) is 6.73. The molecule has 0 aliphatic carbocycles. The number of amides is 1. The number of carbonyl (C=O) groups excluding carboxylic acids is 1. The van der Waals surface area contributed by atoms with E-state index in [2.05, 4.69) is 28.4 Å². The summed E-state index contributed by atoms with van der Waals surface area (Å²) in [6.07, 6.45) is 2.19. The molecule has 1 fully saturated rings. The van der Waals surface area contributed by atoms with Crippen molar-refractivity contribution in [3.05, 3.63) is 52.9 Å². The van der Waals surface area contributed by atoms with Crippen LogP contribution in [0, 0.1) is 11.3 Å². The van der Waals surface area contributed by atoms with Gasteiger partial charge in [-0.25, -0.2) is 0 Å². The summed E-state index contributed by atoms with van der Waals surface area (Å²) in [4.78, 5) is 14.5. The van der Waals surface area contributed by atoms with Crippen LogP contribution in [0.1, 0.15) is 30.0 Å². The van der Waals surface area contributed by atoms with Crippen molar-refractivity contribution in [1.82, 2.24) is 4.90 Å². The van der Waals surface area contributed by atoms with Gasteiger partial charge in [0.15, 0.2) is 0 Å². The van der Waals surface area contributed by atoms with Crippen LogP contribution in [0.5, 0.6) is 0 Å². The van der Waals surface area contributed by atoms with E-state index in [0.29, 0.717) is 23.2 Å². The summed E-state index contributed by atoms with van der Waals surface area (Å²) in [7, 11) is 0. The number of likely N-dealkylation sites (tertiary alicyclic amines) is 1. The Morgan fingerprint density at radius 1 is 1.36 bits per heavy atom. The number of hydrogen-bond donors (Lipinski definition) is 1. The van der Waals surface area contributed by atoms with Crippen LogP contribution in [0.25, 0.3) is 0 Å². The van der Waals surface area contributed by atoms with Gasteiger partial charge in [-0.05, 0) is 36.4 Å². The largest absolute Gasteiger partial charge is 0.315 e. The summed E-state index contributed by atoms with van der Waals surface area (Å²) in [5.74, 6) is -0.0539. The van der Waals surface area contributed by atoms with E-state index in [1.807, 2.05) is 23.6 Å². The highest BCUT2D eigenvalue weighted by atomic mass is 32.1. The summed E-state index contributed by atoms with van der Waals surface area (Å²) in [6, 6.07) is 14.5. The van der Waals surface area contributed by atoms with Gasteiger partial charge in [0.25, 0.3) is 0 Å². The van der Waals surface area contributed by atoms with Gasteiger partial charge in [0.05, 0.1) is 12.1 Å². The molecule has 4 nitrogen and oxygen atoms in total. The van der Waals surface area contributed by atoms with E-state index in [1.165, 1.54) is 16.9 Å². The van der Waals surface area contributed by atoms with Gasteiger partial charge in [-0.15, -0.1) is 11.3 Å². The van der Waals surface area contributed by atoms with Crippen LogP contribution in [0.3, 0.4) is 0 Å². The minimum Gasteiger partial charge on any atom is -0.315 e. The van der Waals surface area contributed by atoms with Crippen molar-refractivity contribution in [2.24, 2.45) is 0 Å². The number of rotatable bonds is 4. The molecular formula is C17H17N3OS. The van der Waals surface area contributed by atoms with E-state index < -0.39 is 0 Å². The van der Waals surface area contributed by atoms with Crippen LogP contribution in [-0.4, -0.2) is 23.9 Å². The van der Waals surface area contributed by atoms with Crippen LogP contribution in [0.4, 0.5) is 5.00 Å². The van der Waals surface area contributed by atoms with Gasteiger partial charge in [0.2, 0.25) is 5.91 Å². The number of carbonyl (C=O) groups is 1. The minimum atomic E-state index is -0.0539. The number of nitrogens with one attached hydrogen (secondary N) is 1. The third-order valence-corrected chi connectivity index (χ3v) is 4.76.